The van der Waals surface area contributed by atoms with E-state index in [1.165, 1.54) is 17.0 Å². The lowest BCUT2D eigenvalue weighted by molar-refractivity contribution is -0.140. The fourth-order valence-corrected chi connectivity index (χ4v) is 6.76. The van der Waals surface area contributed by atoms with Crippen molar-refractivity contribution in [1.82, 2.24) is 10.2 Å². The zero-order valence-electron chi connectivity index (χ0n) is 25.0. The minimum absolute atomic E-state index is 0.0205. The molecule has 0 aromatic heterocycles. The second-order valence-corrected chi connectivity index (χ2v) is 12.8. The predicted molar refractivity (Wildman–Crippen MR) is 178 cm³/mol. The van der Waals surface area contributed by atoms with E-state index in [2.05, 4.69) is 5.32 Å². The zero-order valence-corrected chi connectivity index (χ0v) is 27.4. The predicted octanol–water partition coefficient (Wildman–Crippen LogP) is 6.36. The molecule has 0 spiro atoms. The quantitative estimate of drug-likeness (QED) is 0.169. The van der Waals surface area contributed by atoms with E-state index in [0.29, 0.717) is 34.5 Å². The molecule has 0 bridgehead atoms. The number of nitrogens with one attached hydrogen (secondary N) is 1. The Morgan fingerprint density at radius 1 is 0.822 bits per heavy atom. The zero-order chi connectivity index (χ0) is 32.4. The van der Waals surface area contributed by atoms with Gasteiger partial charge in [0.1, 0.15) is 18.3 Å². The van der Waals surface area contributed by atoms with Crippen LogP contribution in [0.4, 0.5) is 5.69 Å². The molecular weight excluding hydrogens is 633 g/mol. The maximum absolute atomic E-state index is 14.4. The van der Waals surface area contributed by atoms with Crippen molar-refractivity contribution in [2.45, 2.75) is 37.8 Å². The van der Waals surface area contributed by atoms with E-state index in [9.17, 15) is 18.0 Å². The number of carbonyl (C=O) groups is 2. The third-order valence-corrected chi connectivity index (χ3v) is 9.55. The molecule has 8 nitrogen and oxygen atoms in total. The Labute approximate surface area is 274 Å². The lowest BCUT2D eigenvalue weighted by Crippen LogP contribution is -2.53. The topological polar surface area (TPSA) is 96.0 Å². The smallest absolute Gasteiger partial charge is 0.264 e. The van der Waals surface area contributed by atoms with Gasteiger partial charge in [-0.3, -0.25) is 13.9 Å². The summed E-state index contributed by atoms with van der Waals surface area (Å²) in [6, 6.07) is 27.6. The Kier molecular flexibility index (Phi) is 11.9. The van der Waals surface area contributed by atoms with Crippen molar-refractivity contribution in [1.29, 1.82) is 0 Å². The number of hydrogen-bond donors (Lipinski definition) is 1. The summed E-state index contributed by atoms with van der Waals surface area (Å²) >= 11 is 13.1. The molecule has 2 amide bonds. The van der Waals surface area contributed by atoms with E-state index >= 15 is 0 Å². The first-order valence-corrected chi connectivity index (χ1v) is 16.7. The molecule has 1 N–H and O–H groups in total. The standard InChI is InChI=1S/C34H35Cl2N3O5S/c1-3-37-34(41)32(22-25-12-7-5-8-13-25)38(23-29-30(35)16-11-17-31(29)36)33(40)24-39(26-14-9-6-10-15-26)45(42,43)28-20-18-27(19-21-28)44-4-2/h5-21,32H,3-4,22-24H2,1-2H3,(H,37,41). The molecule has 0 fully saturated rings. The summed E-state index contributed by atoms with van der Waals surface area (Å²) in [5, 5.41) is 3.46. The maximum atomic E-state index is 14.4. The molecule has 11 heteroatoms. The number of hydrogen-bond acceptors (Lipinski definition) is 5. The van der Waals surface area contributed by atoms with Crippen LogP contribution in [0.2, 0.25) is 10.0 Å². The summed E-state index contributed by atoms with van der Waals surface area (Å²) < 4.78 is 34.8. The van der Waals surface area contributed by atoms with Gasteiger partial charge in [0.2, 0.25) is 11.8 Å². The molecule has 0 heterocycles. The van der Waals surface area contributed by atoms with Crippen LogP contribution in [0.15, 0.2) is 108 Å². The molecule has 0 saturated carbocycles. The number of likely N-dealkylation sites (N-methyl/N-ethyl adjacent to an activating group) is 1. The van der Waals surface area contributed by atoms with Gasteiger partial charge in [0.15, 0.2) is 0 Å². The molecule has 4 aromatic rings. The minimum atomic E-state index is -4.24. The van der Waals surface area contributed by atoms with E-state index in [0.717, 1.165) is 9.87 Å². The molecule has 0 aliphatic carbocycles. The summed E-state index contributed by atoms with van der Waals surface area (Å²) in [7, 11) is -4.24. The van der Waals surface area contributed by atoms with Gasteiger partial charge in [-0.05, 0) is 67.9 Å². The van der Waals surface area contributed by atoms with Gasteiger partial charge in [-0.25, -0.2) is 8.42 Å². The van der Waals surface area contributed by atoms with E-state index in [4.69, 9.17) is 27.9 Å². The third-order valence-electron chi connectivity index (χ3n) is 7.06. The average Bonchev–Trinajstić information content (AvgIpc) is 3.04. The number of carbonyl (C=O) groups excluding carboxylic acids is 2. The SMILES string of the molecule is CCNC(=O)C(Cc1ccccc1)N(Cc1c(Cl)cccc1Cl)C(=O)CN(c1ccccc1)S(=O)(=O)c1ccc(OCC)cc1. The lowest BCUT2D eigenvalue weighted by atomic mass is 10.0. The molecule has 1 unspecified atom stereocenters. The number of benzene rings is 4. The van der Waals surface area contributed by atoms with Crippen LogP contribution in [-0.2, 0) is 32.6 Å². The number of sulfonamides is 1. The van der Waals surface area contributed by atoms with Gasteiger partial charge >= 0.3 is 0 Å². The van der Waals surface area contributed by atoms with Crippen molar-refractivity contribution >= 4 is 50.7 Å². The van der Waals surface area contributed by atoms with Gasteiger partial charge in [-0.15, -0.1) is 0 Å². The Morgan fingerprint density at radius 3 is 2.00 bits per heavy atom. The molecule has 45 heavy (non-hydrogen) atoms. The molecule has 4 aromatic carbocycles. The highest BCUT2D eigenvalue weighted by atomic mass is 35.5. The Balaban J connectivity index is 1.80. The Hall–Kier alpha value is -4.05. The number of halogens is 2. The van der Waals surface area contributed by atoms with E-state index in [1.54, 1.807) is 67.6 Å². The van der Waals surface area contributed by atoms with Crippen LogP contribution in [0.25, 0.3) is 0 Å². The van der Waals surface area contributed by atoms with Crippen LogP contribution < -0.4 is 14.4 Å². The van der Waals surface area contributed by atoms with Crippen LogP contribution in [0.1, 0.15) is 25.0 Å². The summed E-state index contributed by atoms with van der Waals surface area (Å²) in [6.45, 7) is 3.67. The maximum Gasteiger partial charge on any atom is 0.264 e. The van der Waals surface area contributed by atoms with Gasteiger partial charge in [0, 0.05) is 35.1 Å². The molecule has 0 aliphatic heterocycles. The van der Waals surface area contributed by atoms with E-state index in [-0.39, 0.29) is 23.5 Å². The lowest BCUT2D eigenvalue weighted by Gasteiger charge is -2.34. The van der Waals surface area contributed by atoms with Crippen molar-refractivity contribution in [2.75, 3.05) is 24.0 Å². The van der Waals surface area contributed by atoms with Crippen molar-refractivity contribution in [2.24, 2.45) is 0 Å². The first-order chi connectivity index (χ1) is 21.6. The van der Waals surface area contributed by atoms with E-state index < -0.39 is 34.4 Å². The molecule has 1 atom stereocenters. The van der Waals surface area contributed by atoms with Crippen LogP contribution in [0, 0.1) is 0 Å². The Bertz CT molecular complexity index is 1670. The van der Waals surface area contributed by atoms with Gasteiger partial charge in [-0.2, -0.15) is 0 Å². The summed E-state index contributed by atoms with van der Waals surface area (Å²) in [4.78, 5) is 29.4. The summed E-state index contributed by atoms with van der Waals surface area (Å²) in [5.74, 6) is -0.484. The molecular formula is C34H35Cl2N3O5S. The van der Waals surface area contributed by atoms with Gasteiger partial charge < -0.3 is 15.0 Å². The van der Waals surface area contributed by atoms with Crippen molar-refractivity contribution in [3.05, 3.63) is 124 Å². The number of rotatable bonds is 14. The number of nitrogens with zero attached hydrogens (tertiary/aromatic N) is 2. The highest BCUT2D eigenvalue weighted by Crippen LogP contribution is 2.29. The number of anilines is 1. The minimum Gasteiger partial charge on any atom is -0.494 e. The molecule has 0 radical (unpaired) electrons. The van der Waals surface area contributed by atoms with Gasteiger partial charge in [0.05, 0.1) is 17.2 Å². The monoisotopic (exact) mass is 667 g/mol. The van der Waals surface area contributed by atoms with Crippen LogP contribution in [0.5, 0.6) is 5.75 Å². The van der Waals surface area contributed by atoms with Crippen molar-refractivity contribution in [3.8, 4) is 5.75 Å². The van der Waals surface area contributed by atoms with Crippen molar-refractivity contribution in [3.63, 3.8) is 0 Å². The third kappa shape index (κ3) is 8.57. The first kappa shape index (κ1) is 33.8. The van der Waals surface area contributed by atoms with Gasteiger partial charge in [0.25, 0.3) is 10.0 Å². The fraction of sp³-hybridized carbons (Fsp3) is 0.235. The fourth-order valence-electron chi connectivity index (χ4n) is 4.82. The first-order valence-electron chi connectivity index (χ1n) is 14.5. The second-order valence-electron chi connectivity index (χ2n) is 10.1. The summed E-state index contributed by atoms with van der Waals surface area (Å²) in [5.41, 5.74) is 1.55. The van der Waals surface area contributed by atoms with Gasteiger partial charge in [-0.1, -0.05) is 77.8 Å². The number of para-hydroxylation sites is 1. The summed E-state index contributed by atoms with van der Waals surface area (Å²) in [6.07, 6.45) is 0.178. The molecule has 236 valence electrons. The van der Waals surface area contributed by atoms with Crippen LogP contribution in [0.3, 0.4) is 0 Å². The normalized spacial score (nSPS) is 11.8. The largest absolute Gasteiger partial charge is 0.494 e. The number of amides is 2. The molecule has 0 aliphatic rings. The van der Waals surface area contributed by atoms with Crippen LogP contribution >= 0.6 is 23.2 Å². The highest BCUT2D eigenvalue weighted by Gasteiger charge is 2.35. The average molecular weight is 669 g/mol. The van der Waals surface area contributed by atoms with E-state index in [1.807, 2.05) is 37.3 Å². The molecule has 4 rings (SSSR count). The Morgan fingerprint density at radius 2 is 1.42 bits per heavy atom. The van der Waals surface area contributed by atoms with Crippen molar-refractivity contribution < 1.29 is 22.7 Å². The second kappa shape index (κ2) is 15.8. The molecule has 0 saturated heterocycles. The van der Waals surface area contributed by atoms with Crippen LogP contribution in [-0.4, -0.2) is 50.9 Å². The number of ether oxygens (including phenoxy) is 1. The highest BCUT2D eigenvalue weighted by molar-refractivity contribution is 7.92.